The zero-order valence-electron chi connectivity index (χ0n) is 11.1. The third-order valence-corrected chi connectivity index (χ3v) is 4.35. The highest BCUT2D eigenvalue weighted by Gasteiger charge is 2.30. The van der Waals surface area contributed by atoms with Crippen LogP contribution >= 0.6 is 11.3 Å². The third kappa shape index (κ3) is 2.26. The third-order valence-electron chi connectivity index (χ3n) is 3.46. The highest BCUT2D eigenvalue weighted by molar-refractivity contribution is 7.13. The Morgan fingerprint density at radius 2 is 2.05 bits per heavy atom. The molecule has 19 heavy (non-hydrogen) atoms. The highest BCUT2D eigenvalue weighted by atomic mass is 32.1. The molecule has 0 unspecified atom stereocenters. The molecule has 0 radical (unpaired) electrons. The zero-order valence-corrected chi connectivity index (χ0v) is 11.9. The van der Waals surface area contributed by atoms with Gasteiger partial charge in [0, 0.05) is 11.6 Å². The average Bonchev–Trinajstić information content (AvgIpc) is 3.01. The fourth-order valence-electron chi connectivity index (χ4n) is 2.34. The summed E-state index contributed by atoms with van der Waals surface area (Å²) in [4.78, 5) is 13.7. The lowest BCUT2D eigenvalue weighted by atomic mass is 9.99. The van der Waals surface area contributed by atoms with Crippen molar-refractivity contribution >= 4 is 11.3 Å². The number of hydrogen-bond donors (Lipinski definition) is 1. The molecule has 2 heterocycles. The second-order valence-electron chi connectivity index (χ2n) is 5.57. The van der Waals surface area contributed by atoms with Crippen molar-refractivity contribution in [2.75, 3.05) is 0 Å². The van der Waals surface area contributed by atoms with Crippen LogP contribution in [0.3, 0.4) is 0 Å². The molecule has 0 bridgehead atoms. The van der Waals surface area contributed by atoms with Gasteiger partial charge in [-0.05, 0) is 50.3 Å². The Kier molecular flexibility index (Phi) is 2.87. The van der Waals surface area contributed by atoms with Crippen LogP contribution in [0.4, 0.5) is 0 Å². The van der Waals surface area contributed by atoms with Crippen molar-refractivity contribution in [2.24, 2.45) is 0 Å². The van der Waals surface area contributed by atoms with E-state index in [9.17, 15) is 9.90 Å². The molecule has 3 nitrogen and oxygen atoms in total. The molecule has 0 spiro atoms. The summed E-state index contributed by atoms with van der Waals surface area (Å²) < 4.78 is 1.86. The van der Waals surface area contributed by atoms with Gasteiger partial charge >= 0.3 is 0 Å². The maximum absolute atomic E-state index is 12.6. The van der Waals surface area contributed by atoms with Gasteiger partial charge in [0.2, 0.25) is 0 Å². The summed E-state index contributed by atoms with van der Waals surface area (Å²) in [6.45, 7) is 3.32. The summed E-state index contributed by atoms with van der Waals surface area (Å²) in [6.07, 6.45) is 2.10. The van der Waals surface area contributed by atoms with E-state index in [0.717, 1.165) is 23.4 Å². The van der Waals surface area contributed by atoms with E-state index < -0.39 is 5.60 Å². The van der Waals surface area contributed by atoms with Crippen LogP contribution in [0.2, 0.25) is 0 Å². The van der Waals surface area contributed by atoms with Crippen LogP contribution in [-0.2, 0) is 5.60 Å². The monoisotopic (exact) mass is 275 g/mol. The van der Waals surface area contributed by atoms with Crippen molar-refractivity contribution in [3.63, 3.8) is 0 Å². The predicted octanol–water partition coefficient (Wildman–Crippen LogP) is 3.14. The molecule has 100 valence electrons. The van der Waals surface area contributed by atoms with Crippen LogP contribution in [0.25, 0.3) is 10.6 Å². The van der Waals surface area contributed by atoms with Gasteiger partial charge in [-0.25, -0.2) is 0 Å². The van der Waals surface area contributed by atoms with E-state index in [1.807, 2.05) is 28.1 Å². The lowest BCUT2D eigenvalue weighted by molar-refractivity contribution is 0.0765. The summed E-state index contributed by atoms with van der Waals surface area (Å²) in [6, 6.07) is 8.04. The summed E-state index contributed by atoms with van der Waals surface area (Å²) >= 11 is 1.64. The van der Waals surface area contributed by atoms with Crippen LogP contribution in [0, 0.1) is 0 Å². The second-order valence-corrected chi connectivity index (χ2v) is 6.52. The first kappa shape index (κ1) is 12.6. The normalized spacial score (nSPS) is 15.7. The second kappa shape index (κ2) is 4.32. The summed E-state index contributed by atoms with van der Waals surface area (Å²) in [5.74, 6) is 0. The standard InChI is InChI=1S/C15H17NO2S/c1-15(2,18)11-7-8-12(13-4-3-9-19-13)16(14(11)17)10-5-6-10/h3-4,7-10,18H,5-6H2,1-2H3. The van der Waals surface area contributed by atoms with Crippen LogP contribution in [0.5, 0.6) is 0 Å². The topological polar surface area (TPSA) is 42.2 Å². The van der Waals surface area contributed by atoms with Crippen LogP contribution in [0.1, 0.15) is 38.3 Å². The molecular weight excluding hydrogens is 258 g/mol. The number of hydrogen-bond acceptors (Lipinski definition) is 3. The van der Waals surface area contributed by atoms with E-state index >= 15 is 0 Å². The quantitative estimate of drug-likeness (QED) is 0.935. The van der Waals surface area contributed by atoms with E-state index in [1.54, 1.807) is 31.3 Å². The minimum atomic E-state index is -1.10. The van der Waals surface area contributed by atoms with E-state index in [-0.39, 0.29) is 5.56 Å². The van der Waals surface area contributed by atoms with E-state index in [0.29, 0.717) is 11.6 Å². The van der Waals surface area contributed by atoms with Gasteiger partial charge < -0.3 is 9.67 Å². The highest BCUT2D eigenvalue weighted by Crippen LogP contribution is 2.38. The number of rotatable bonds is 3. The van der Waals surface area contributed by atoms with E-state index in [4.69, 9.17) is 0 Å². The molecule has 1 fully saturated rings. The van der Waals surface area contributed by atoms with Crippen molar-refractivity contribution in [1.82, 2.24) is 4.57 Å². The predicted molar refractivity (Wildman–Crippen MR) is 77.5 cm³/mol. The van der Waals surface area contributed by atoms with Crippen LogP contribution in [0.15, 0.2) is 34.4 Å². The summed E-state index contributed by atoms with van der Waals surface area (Å²) in [7, 11) is 0. The van der Waals surface area contributed by atoms with Gasteiger partial charge in [0.05, 0.1) is 16.2 Å². The number of thiophene rings is 1. The summed E-state index contributed by atoms with van der Waals surface area (Å²) in [5.41, 5.74) is 0.290. The van der Waals surface area contributed by atoms with Gasteiger partial charge in [-0.15, -0.1) is 11.3 Å². The molecule has 3 rings (SSSR count). The molecule has 1 saturated carbocycles. The Labute approximate surface area is 116 Å². The zero-order chi connectivity index (χ0) is 13.6. The molecule has 2 aromatic heterocycles. The SMILES string of the molecule is CC(C)(O)c1ccc(-c2cccs2)n(C2CC2)c1=O. The van der Waals surface area contributed by atoms with Gasteiger partial charge in [-0.1, -0.05) is 6.07 Å². The van der Waals surface area contributed by atoms with Crippen molar-refractivity contribution in [3.8, 4) is 10.6 Å². The molecule has 0 atom stereocenters. The average molecular weight is 275 g/mol. The van der Waals surface area contributed by atoms with Gasteiger partial charge in [-0.3, -0.25) is 4.79 Å². The van der Waals surface area contributed by atoms with E-state index in [2.05, 4.69) is 0 Å². The maximum atomic E-state index is 12.6. The van der Waals surface area contributed by atoms with E-state index in [1.165, 1.54) is 0 Å². The largest absolute Gasteiger partial charge is 0.386 e. The van der Waals surface area contributed by atoms with Gasteiger partial charge in [0.25, 0.3) is 5.56 Å². The minimum Gasteiger partial charge on any atom is -0.386 e. The lowest BCUT2D eigenvalue weighted by Gasteiger charge is -2.20. The first-order valence-electron chi connectivity index (χ1n) is 6.51. The Bertz CT molecular complexity index is 646. The Hall–Kier alpha value is -1.39. The fourth-order valence-corrected chi connectivity index (χ4v) is 3.09. The molecule has 1 N–H and O–H groups in total. The van der Waals surface area contributed by atoms with Crippen LogP contribution < -0.4 is 5.56 Å². The minimum absolute atomic E-state index is 0.0547. The molecule has 4 heteroatoms. The first-order chi connectivity index (χ1) is 8.98. The molecule has 0 amide bonds. The molecule has 0 aliphatic heterocycles. The fraction of sp³-hybridized carbons (Fsp3) is 0.400. The van der Waals surface area contributed by atoms with Crippen molar-refractivity contribution in [3.05, 3.63) is 45.6 Å². The molecule has 1 aliphatic carbocycles. The molecule has 0 aromatic carbocycles. The number of aliphatic hydroxyl groups is 1. The maximum Gasteiger partial charge on any atom is 0.257 e. The van der Waals surface area contributed by atoms with Gasteiger partial charge in [-0.2, -0.15) is 0 Å². The van der Waals surface area contributed by atoms with Crippen molar-refractivity contribution < 1.29 is 5.11 Å². The van der Waals surface area contributed by atoms with Crippen molar-refractivity contribution in [1.29, 1.82) is 0 Å². The smallest absolute Gasteiger partial charge is 0.257 e. The van der Waals surface area contributed by atoms with Crippen LogP contribution in [-0.4, -0.2) is 9.67 Å². The number of nitrogens with zero attached hydrogens (tertiary/aromatic N) is 1. The van der Waals surface area contributed by atoms with Gasteiger partial charge in [0.15, 0.2) is 0 Å². The summed E-state index contributed by atoms with van der Waals surface area (Å²) in [5, 5.41) is 12.1. The molecule has 0 saturated heterocycles. The number of aromatic nitrogens is 1. The Balaban J connectivity index is 2.23. The Morgan fingerprint density at radius 3 is 2.58 bits per heavy atom. The van der Waals surface area contributed by atoms with Crippen molar-refractivity contribution in [2.45, 2.75) is 38.3 Å². The molecular formula is C15H17NO2S. The lowest BCUT2D eigenvalue weighted by Crippen LogP contribution is -2.32. The number of pyridine rings is 1. The molecule has 2 aromatic rings. The Morgan fingerprint density at radius 1 is 1.32 bits per heavy atom. The molecule has 1 aliphatic rings. The van der Waals surface area contributed by atoms with Gasteiger partial charge in [0.1, 0.15) is 0 Å². The first-order valence-corrected chi connectivity index (χ1v) is 7.39.